The van der Waals surface area contributed by atoms with Gasteiger partial charge in [-0.2, -0.15) is 13.2 Å². The number of hydrogen-bond acceptors (Lipinski definition) is 1. The molecular formula is C8H5BrF5N. The highest BCUT2D eigenvalue weighted by Gasteiger charge is 2.35. The molecule has 0 spiro atoms. The van der Waals surface area contributed by atoms with E-state index in [9.17, 15) is 22.0 Å². The molecule has 2 N–H and O–H groups in total. The van der Waals surface area contributed by atoms with E-state index in [1.54, 1.807) is 0 Å². The number of benzene rings is 1. The maximum atomic E-state index is 12.4. The van der Waals surface area contributed by atoms with Gasteiger partial charge in [-0.15, -0.1) is 0 Å². The zero-order valence-corrected chi connectivity index (χ0v) is 8.66. The molecule has 1 aromatic carbocycles. The van der Waals surface area contributed by atoms with Crippen molar-refractivity contribution in [1.82, 2.24) is 0 Å². The van der Waals surface area contributed by atoms with Crippen molar-refractivity contribution >= 4 is 21.6 Å². The molecule has 0 aliphatic rings. The van der Waals surface area contributed by atoms with Crippen LogP contribution in [0.3, 0.4) is 0 Å². The van der Waals surface area contributed by atoms with Gasteiger partial charge >= 0.3 is 6.18 Å². The molecule has 0 aromatic heterocycles. The molecule has 0 amide bonds. The lowest BCUT2D eigenvalue weighted by molar-refractivity contribution is -0.138. The molecule has 0 heterocycles. The number of nitrogens with two attached hydrogens (primary N) is 1. The normalized spacial score (nSPS) is 12.2. The van der Waals surface area contributed by atoms with Gasteiger partial charge in [0.25, 0.3) is 6.43 Å². The Morgan fingerprint density at radius 2 is 1.73 bits per heavy atom. The number of hydrogen-bond donors (Lipinski definition) is 1. The molecule has 0 atom stereocenters. The standard InChI is InChI=1S/C8H5BrF5N/c9-6-3(8(12,13)14)1-2-4(15)5(6)7(10)11/h1-2,7H,15H2. The average molecular weight is 290 g/mol. The minimum absolute atomic E-state index is 0.370. The second kappa shape index (κ2) is 3.96. The summed E-state index contributed by atoms with van der Waals surface area (Å²) in [7, 11) is 0. The van der Waals surface area contributed by atoms with E-state index in [4.69, 9.17) is 5.73 Å². The first-order valence-corrected chi connectivity index (χ1v) is 4.47. The van der Waals surface area contributed by atoms with Crippen LogP contribution in [-0.4, -0.2) is 0 Å². The Bertz CT molecular complexity index is 374. The number of alkyl halides is 5. The molecular weight excluding hydrogens is 285 g/mol. The van der Waals surface area contributed by atoms with E-state index in [-0.39, 0.29) is 5.69 Å². The minimum Gasteiger partial charge on any atom is -0.398 e. The van der Waals surface area contributed by atoms with Crippen LogP contribution in [0.15, 0.2) is 16.6 Å². The molecule has 1 nitrogen and oxygen atoms in total. The van der Waals surface area contributed by atoms with Crippen LogP contribution in [0.4, 0.5) is 27.6 Å². The van der Waals surface area contributed by atoms with Gasteiger partial charge in [-0.3, -0.25) is 0 Å². The van der Waals surface area contributed by atoms with Gasteiger partial charge < -0.3 is 5.73 Å². The van der Waals surface area contributed by atoms with E-state index >= 15 is 0 Å². The Kier molecular flexibility index (Phi) is 3.22. The third-order valence-electron chi connectivity index (χ3n) is 1.74. The average Bonchev–Trinajstić information content (AvgIpc) is 2.00. The fraction of sp³-hybridized carbons (Fsp3) is 0.250. The van der Waals surface area contributed by atoms with Gasteiger partial charge in [-0.1, -0.05) is 0 Å². The van der Waals surface area contributed by atoms with Crippen LogP contribution < -0.4 is 5.73 Å². The highest BCUT2D eigenvalue weighted by atomic mass is 79.9. The zero-order chi connectivity index (χ0) is 11.8. The van der Waals surface area contributed by atoms with Crippen molar-refractivity contribution in [2.75, 3.05) is 5.73 Å². The third-order valence-corrected chi connectivity index (χ3v) is 2.59. The Balaban J connectivity index is 3.42. The molecule has 15 heavy (non-hydrogen) atoms. The molecule has 0 saturated heterocycles. The fourth-order valence-electron chi connectivity index (χ4n) is 1.05. The summed E-state index contributed by atoms with van der Waals surface area (Å²) in [6.45, 7) is 0. The lowest BCUT2D eigenvalue weighted by Crippen LogP contribution is -2.09. The van der Waals surface area contributed by atoms with Crippen molar-refractivity contribution in [1.29, 1.82) is 0 Å². The molecule has 0 bridgehead atoms. The summed E-state index contributed by atoms with van der Waals surface area (Å²) in [6, 6.07) is 1.47. The van der Waals surface area contributed by atoms with Crippen molar-refractivity contribution in [3.8, 4) is 0 Å². The monoisotopic (exact) mass is 289 g/mol. The summed E-state index contributed by atoms with van der Waals surface area (Å²) >= 11 is 2.49. The van der Waals surface area contributed by atoms with Crippen molar-refractivity contribution in [2.45, 2.75) is 12.6 Å². The molecule has 0 aliphatic carbocycles. The van der Waals surface area contributed by atoms with Crippen molar-refractivity contribution < 1.29 is 22.0 Å². The molecule has 1 aromatic rings. The van der Waals surface area contributed by atoms with E-state index in [0.717, 1.165) is 6.07 Å². The highest BCUT2D eigenvalue weighted by molar-refractivity contribution is 9.10. The second-order valence-electron chi connectivity index (χ2n) is 2.73. The van der Waals surface area contributed by atoms with Crippen molar-refractivity contribution in [2.24, 2.45) is 0 Å². The molecule has 84 valence electrons. The van der Waals surface area contributed by atoms with Crippen molar-refractivity contribution in [3.63, 3.8) is 0 Å². The summed E-state index contributed by atoms with van der Waals surface area (Å²) in [6.07, 6.45) is -7.74. The minimum atomic E-state index is -4.68. The Labute approximate surface area is 90.2 Å². The Morgan fingerprint density at radius 1 is 1.20 bits per heavy atom. The lowest BCUT2D eigenvalue weighted by Gasteiger charge is -2.14. The molecule has 0 saturated carbocycles. The van der Waals surface area contributed by atoms with E-state index in [1.807, 2.05) is 0 Å². The van der Waals surface area contributed by atoms with Gasteiger partial charge in [0.15, 0.2) is 0 Å². The highest BCUT2D eigenvalue weighted by Crippen LogP contribution is 2.41. The van der Waals surface area contributed by atoms with Crippen molar-refractivity contribution in [3.05, 3.63) is 27.7 Å². The SMILES string of the molecule is Nc1ccc(C(F)(F)F)c(Br)c1C(F)F. The third kappa shape index (κ3) is 2.39. The maximum absolute atomic E-state index is 12.4. The molecule has 1 rings (SSSR count). The van der Waals surface area contributed by atoms with Crippen LogP contribution in [0.1, 0.15) is 17.6 Å². The summed E-state index contributed by atoms with van der Waals surface area (Å²) < 4.78 is 61.0. The van der Waals surface area contributed by atoms with Gasteiger partial charge in [0, 0.05) is 10.2 Å². The first kappa shape index (κ1) is 12.2. The van der Waals surface area contributed by atoms with Crippen LogP contribution in [0.5, 0.6) is 0 Å². The summed E-state index contributed by atoms with van der Waals surface area (Å²) in [5, 5.41) is 0. The number of anilines is 1. The number of rotatable bonds is 1. The lowest BCUT2D eigenvalue weighted by atomic mass is 10.1. The molecule has 0 unspecified atom stereocenters. The quantitative estimate of drug-likeness (QED) is 0.614. The van der Waals surface area contributed by atoms with Gasteiger partial charge in [-0.05, 0) is 28.1 Å². The van der Waals surface area contributed by atoms with Gasteiger partial charge in [0.1, 0.15) is 0 Å². The number of nitrogen functional groups attached to an aromatic ring is 1. The van der Waals surface area contributed by atoms with Gasteiger partial charge in [0.05, 0.1) is 11.1 Å². The van der Waals surface area contributed by atoms with E-state index in [2.05, 4.69) is 15.9 Å². The van der Waals surface area contributed by atoms with E-state index in [1.165, 1.54) is 0 Å². The summed E-state index contributed by atoms with van der Waals surface area (Å²) in [5.41, 5.74) is 2.80. The Hall–Kier alpha value is -0.850. The topological polar surface area (TPSA) is 26.0 Å². The second-order valence-corrected chi connectivity index (χ2v) is 3.52. The van der Waals surface area contributed by atoms with Gasteiger partial charge in [0.2, 0.25) is 0 Å². The fourth-order valence-corrected chi connectivity index (χ4v) is 1.81. The summed E-state index contributed by atoms with van der Waals surface area (Å²) in [4.78, 5) is 0. The molecule has 0 radical (unpaired) electrons. The maximum Gasteiger partial charge on any atom is 0.417 e. The van der Waals surface area contributed by atoms with Crippen LogP contribution in [0, 0.1) is 0 Å². The molecule has 0 aliphatic heterocycles. The zero-order valence-electron chi connectivity index (χ0n) is 7.08. The van der Waals surface area contributed by atoms with Gasteiger partial charge in [-0.25, -0.2) is 8.78 Å². The van der Waals surface area contributed by atoms with E-state index in [0.29, 0.717) is 6.07 Å². The van der Waals surface area contributed by atoms with Crippen LogP contribution in [0.2, 0.25) is 0 Å². The Morgan fingerprint density at radius 3 is 2.13 bits per heavy atom. The predicted molar refractivity (Wildman–Crippen MR) is 48.5 cm³/mol. The van der Waals surface area contributed by atoms with E-state index < -0.39 is 28.2 Å². The largest absolute Gasteiger partial charge is 0.417 e. The first-order chi connectivity index (χ1) is 6.75. The summed E-state index contributed by atoms with van der Waals surface area (Å²) in [5.74, 6) is 0. The van der Waals surface area contributed by atoms with Crippen LogP contribution in [-0.2, 0) is 6.18 Å². The number of halogens is 6. The predicted octanol–water partition coefficient (Wildman–Crippen LogP) is 3.99. The van der Waals surface area contributed by atoms with Crippen LogP contribution >= 0.6 is 15.9 Å². The first-order valence-electron chi connectivity index (χ1n) is 3.68. The van der Waals surface area contributed by atoms with Crippen LogP contribution in [0.25, 0.3) is 0 Å². The molecule has 0 fully saturated rings. The molecule has 7 heteroatoms. The smallest absolute Gasteiger partial charge is 0.398 e.